The molecule has 8 heteroatoms. The van der Waals surface area contributed by atoms with E-state index in [0.29, 0.717) is 30.6 Å². The van der Waals surface area contributed by atoms with Crippen molar-refractivity contribution in [3.8, 4) is 5.75 Å². The van der Waals surface area contributed by atoms with Crippen LogP contribution in [0.15, 0.2) is 83.8 Å². The summed E-state index contributed by atoms with van der Waals surface area (Å²) in [4.78, 5) is 16.7. The molecular weight excluding hydrogens is 478 g/mol. The van der Waals surface area contributed by atoms with Gasteiger partial charge in [0, 0.05) is 24.3 Å². The van der Waals surface area contributed by atoms with Gasteiger partial charge in [-0.3, -0.25) is 4.79 Å². The molecule has 3 aromatic carbocycles. The third kappa shape index (κ3) is 4.04. The molecule has 0 amide bonds. The largest absolute Gasteiger partial charge is 0.435 e. The molecule has 1 aliphatic heterocycles. The minimum atomic E-state index is -2.93. The maximum atomic E-state index is 12.7. The molecule has 5 nitrogen and oxygen atoms in total. The average Bonchev–Trinajstić information content (AvgIpc) is 2.87. The first-order valence-corrected chi connectivity index (χ1v) is 14.0. The first-order chi connectivity index (χ1) is 17.3. The number of hydrogen-bond acceptors (Lipinski definition) is 4. The third-order valence-electron chi connectivity index (χ3n) is 7.18. The van der Waals surface area contributed by atoms with Gasteiger partial charge in [0.05, 0.1) is 17.2 Å². The van der Waals surface area contributed by atoms with Crippen molar-refractivity contribution < 1.29 is 17.9 Å². The Kier molecular flexibility index (Phi) is 6.49. The fourth-order valence-corrected chi connectivity index (χ4v) is 10.5. The van der Waals surface area contributed by atoms with Gasteiger partial charge in [0.2, 0.25) is 0 Å². The molecule has 1 unspecified atom stereocenters. The van der Waals surface area contributed by atoms with Crippen LogP contribution in [0.5, 0.6) is 5.75 Å². The number of benzene rings is 3. The molecule has 0 aliphatic carbocycles. The number of rotatable bonds is 9. The Morgan fingerprint density at radius 2 is 1.75 bits per heavy atom. The third-order valence-corrected chi connectivity index (χ3v) is 12.2. The predicted molar refractivity (Wildman–Crippen MR) is 139 cm³/mol. The standard InChI is InChI=1S/C28H28F2N2O3Si/c1-28(2)22-12-6-7-13-25(22)36(28,21-10-4-3-5-11-21)34-17-9-8-16-32-24-18-20(35-27(29)30)14-15-23(24)31-19-26(32)33/h3-7,10-15,18-19,27H,8-9,16-17H2,1-2H3. The summed E-state index contributed by atoms with van der Waals surface area (Å²) in [5.74, 6) is 0.00339. The second kappa shape index (κ2) is 9.59. The minimum Gasteiger partial charge on any atom is -0.435 e. The monoisotopic (exact) mass is 506 g/mol. The molecule has 1 aliphatic rings. The van der Waals surface area contributed by atoms with Gasteiger partial charge < -0.3 is 13.7 Å². The Hall–Kier alpha value is -3.36. The molecule has 0 saturated heterocycles. The summed E-state index contributed by atoms with van der Waals surface area (Å²) in [5.41, 5.74) is 2.10. The second-order valence-corrected chi connectivity index (χ2v) is 13.6. The molecule has 0 spiro atoms. The first kappa shape index (κ1) is 24.3. The van der Waals surface area contributed by atoms with E-state index in [1.54, 1.807) is 10.6 Å². The number of unbranched alkanes of at least 4 members (excludes halogenated alkanes) is 1. The SMILES string of the molecule is CC1(C)c2ccccc2[Si]1(OCCCCn1c(=O)cnc2ccc(OC(F)F)cc21)c1ccccc1. The van der Waals surface area contributed by atoms with Crippen LogP contribution in [0, 0.1) is 0 Å². The number of aromatic nitrogens is 2. The lowest BCUT2D eigenvalue weighted by atomic mass is 10.0. The van der Waals surface area contributed by atoms with Crippen LogP contribution in [0.25, 0.3) is 11.0 Å². The van der Waals surface area contributed by atoms with Gasteiger partial charge in [0.1, 0.15) is 5.75 Å². The summed E-state index contributed by atoms with van der Waals surface area (Å²) < 4.78 is 38.3. The molecule has 186 valence electrons. The van der Waals surface area contributed by atoms with Crippen LogP contribution in [0.3, 0.4) is 0 Å². The topological polar surface area (TPSA) is 53.4 Å². The van der Waals surface area contributed by atoms with E-state index in [-0.39, 0.29) is 16.3 Å². The van der Waals surface area contributed by atoms with Crippen LogP contribution in [0.2, 0.25) is 0 Å². The van der Waals surface area contributed by atoms with Crippen molar-refractivity contribution in [1.82, 2.24) is 9.55 Å². The Labute approximate surface area is 209 Å². The molecule has 1 aromatic heterocycles. The molecule has 0 radical (unpaired) electrons. The Bertz CT molecular complexity index is 1440. The Morgan fingerprint density at radius 3 is 2.53 bits per heavy atom. The highest BCUT2D eigenvalue weighted by Gasteiger charge is 2.62. The van der Waals surface area contributed by atoms with Crippen LogP contribution >= 0.6 is 0 Å². The number of fused-ring (bicyclic) bond motifs is 2. The molecule has 2 heterocycles. The van der Waals surface area contributed by atoms with Gasteiger partial charge in [0.25, 0.3) is 13.9 Å². The summed E-state index contributed by atoms with van der Waals surface area (Å²) in [6.07, 6.45) is 2.71. The number of hydrogen-bond donors (Lipinski definition) is 0. The van der Waals surface area contributed by atoms with Crippen molar-refractivity contribution in [2.24, 2.45) is 0 Å². The molecule has 36 heavy (non-hydrogen) atoms. The summed E-state index contributed by atoms with van der Waals surface area (Å²) in [6, 6.07) is 23.5. The molecule has 0 N–H and O–H groups in total. The lowest BCUT2D eigenvalue weighted by Gasteiger charge is -2.55. The fraction of sp³-hybridized carbons (Fsp3) is 0.286. The molecular formula is C28H28F2N2O3Si. The number of nitrogens with zero attached hydrogens (tertiary/aromatic N) is 2. The van der Waals surface area contributed by atoms with E-state index >= 15 is 0 Å². The summed E-state index contributed by atoms with van der Waals surface area (Å²) in [7, 11) is -2.44. The number of halogens is 2. The molecule has 0 bridgehead atoms. The molecule has 1 atom stereocenters. The Morgan fingerprint density at radius 1 is 1.00 bits per heavy atom. The van der Waals surface area contributed by atoms with Gasteiger partial charge in [-0.2, -0.15) is 8.78 Å². The van der Waals surface area contributed by atoms with Crippen molar-refractivity contribution in [3.63, 3.8) is 0 Å². The molecule has 5 rings (SSSR count). The van der Waals surface area contributed by atoms with Crippen molar-refractivity contribution >= 4 is 29.7 Å². The van der Waals surface area contributed by atoms with E-state index in [1.165, 1.54) is 34.3 Å². The lowest BCUT2D eigenvalue weighted by molar-refractivity contribution is -0.0497. The van der Waals surface area contributed by atoms with Crippen LogP contribution < -0.4 is 20.7 Å². The fourth-order valence-electron chi connectivity index (χ4n) is 5.48. The summed E-state index contributed by atoms with van der Waals surface area (Å²) in [5, 5.41) is 2.52. The lowest BCUT2D eigenvalue weighted by Crippen LogP contribution is -2.80. The highest BCUT2D eigenvalue weighted by molar-refractivity contribution is 7.03. The van der Waals surface area contributed by atoms with Gasteiger partial charge in [-0.25, -0.2) is 4.98 Å². The van der Waals surface area contributed by atoms with E-state index in [1.807, 2.05) is 6.07 Å². The number of alkyl halides is 2. The smallest absolute Gasteiger partial charge is 0.387 e. The van der Waals surface area contributed by atoms with E-state index in [9.17, 15) is 13.6 Å². The Balaban J connectivity index is 1.33. The molecule has 4 aromatic rings. The van der Waals surface area contributed by atoms with Crippen LogP contribution in [0.4, 0.5) is 8.78 Å². The number of aryl methyl sites for hydroxylation is 1. The maximum absolute atomic E-state index is 12.7. The highest BCUT2D eigenvalue weighted by Crippen LogP contribution is 2.42. The van der Waals surface area contributed by atoms with E-state index in [4.69, 9.17) is 4.43 Å². The normalized spacial score (nSPS) is 18.1. The van der Waals surface area contributed by atoms with E-state index < -0.39 is 14.9 Å². The van der Waals surface area contributed by atoms with Crippen molar-refractivity contribution in [2.75, 3.05) is 6.61 Å². The highest BCUT2D eigenvalue weighted by atomic mass is 28.4. The minimum absolute atomic E-state index is 0.00339. The zero-order valence-corrected chi connectivity index (χ0v) is 21.3. The van der Waals surface area contributed by atoms with Crippen molar-refractivity contribution in [1.29, 1.82) is 0 Å². The number of ether oxygens (including phenoxy) is 1. The van der Waals surface area contributed by atoms with Crippen molar-refractivity contribution in [2.45, 2.75) is 44.9 Å². The van der Waals surface area contributed by atoms with Crippen LogP contribution in [-0.4, -0.2) is 31.1 Å². The second-order valence-electron chi connectivity index (χ2n) is 9.55. The summed E-state index contributed by atoms with van der Waals surface area (Å²) >= 11 is 0. The first-order valence-electron chi connectivity index (χ1n) is 12.1. The molecule has 0 saturated carbocycles. The predicted octanol–water partition coefficient (Wildman–Crippen LogP) is 4.39. The zero-order chi connectivity index (χ0) is 25.3. The van der Waals surface area contributed by atoms with Crippen LogP contribution in [-0.2, 0) is 16.0 Å². The average molecular weight is 507 g/mol. The zero-order valence-electron chi connectivity index (χ0n) is 20.3. The van der Waals surface area contributed by atoms with Gasteiger partial charge in [-0.15, -0.1) is 0 Å². The van der Waals surface area contributed by atoms with Gasteiger partial charge in [-0.1, -0.05) is 68.4 Å². The van der Waals surface area contributed by atoms with E-state index in [2.05, 4.69) is 72.1 Å². The van der Waals surface area contributed by atoms with Crippen LogP contribution in [0.1, 0.15) is 32.3 Å². The van der Waals surface area contributed by atoms with Crippen molar-refractivity contribution in [3.05, 3.63) is 94.9 Å². The van der Waals surface area contributed by atoms with E-state index in [0.717, 1.165) is 6.42 Å². The van der Waals surface area contributed by atoms with Gasteiger partial charge >= 0.3 is 6.61 Å². The molecule has 0 fully saturated rings. The maximum Gasteiger partial charge on any atom is 0.387 e. The van der Waals surface area contributed by atoms with Gasteiger partial charge in [-0.05, 0) is 40.9 Å². The van der Waals surface area contributed by atoms with Gasteiger partial charge in [0.15, 0.2) is 0 Å². The summed E-state index contributed by atoms with van der Waals surface area (Å²) in [6.45, 7) is 2.61. The quantitative estimate of drug-likeness (QED) is 0.250.